The molecule has 0 radical (unpaired) electrons. The number of amides is 1. The van der Waals surface area contributed by atoms with Gasteiger partial charge in [0.15, 0.2) is 5.78 Å². The SMILES string of the molecule is CCOC(=O)[C@H](CCc1ccccc1)N[C@@H](C)C(=O)N1[C@H](C(C)=O)C[C@@H]2CCC[C@@H]21. The average molecular weight is 415 g/mol. The van der Waals surface area contributed by atoms with E-state index < -0.39 is 12.1 Å². The van der Waals surface area contributed by atoms with E-state index in [2.05, 4.69) is 5.32 Å². The first kappa shape index (κ1) is 22.5. The zero-order chi connectivity index (χ0) is 21.7. The van der Waals surface area contributed by atoms with Crippen molar-refractivity contribution in [3.8, 4) is 0 Å². The van der Waals surface area contributed by atoms with Crippen LogP contribution in [-0.4, -0.2) is 53.3 Å². The molecule has 2 fully saturated rings. The van der Waals surface area contributed by atoms with Crippen LogP contribution in [0.1, 0.15) is 58.4 Å². The predicted octanol–water partition coefficient (Wildman–Crippen LogP) is 2.89. The molecule has 1 amide bonds. The minimum absolute atomic E-state index is 0.0518. The summed E-state index contributed by atoms with van der Waals surface area (Å²) in [4.78, 5) is 39.9. The molecule has 1 aromatic carbocycles. The Bertz CT molecular complexity index is 751. The Labute approximate surface area is 179 Å². The molecule has 0 aromatic heterocycles. The number of likely N-dealkylation sites (tertiary alicyclic amines) is 1. The Kier molecular flexibility index (Phi) is 7.64. The van der Waals surface area contributed by atoms with Gasteiger partial charge in [-0.05, 0) is 64.4 Å². The molecule has 6 nitrogen and oxygen atoms in total. The zero-order valence-corrected chi connectivity index (χ0v) is 18.3. The highest BCUT2D eigenvalue weighted by atomic mass is 16.5. The van der Waals surface area contributed by atoms with E-state index in [1.165, 1.54) is 0 Å². The van der Waals surface area contributed by atoms with Crippen molar-refractivity contribution in [2.75, 3.05) is 6.61 Å². The van der Waals surface area contributed by atoms with Gasteiger partial charge < -0.3 is 9.64 Å². The van der Waals surface area contributed by atoms with Crippen LogP contribution in [0.15, 0.2) is 30.3 Å². The van der Waals surface area contributed by atoms with Crippen molar-refractivity contribution in [1.29, 1.82) is 0 Å². The highest BCUT2D eigenvalue weighted by molar-refractivity contribution is 5.91. The number of hydrogen-bond donors (Lipinski definition) is 1. The van der Waals surface area contributed by atoms with Crippen molar-refractivity contribution < 1.29 is 19.1 Å². The van der Waals surface area contributed by atoms with Gasteiger partial charge in [0.25, 0.3) is 0 Å². The molecular formula is C24H34N2O4. The lowest BCUT2D eigenvalue weighted by Crippen LogP contribution is -2.55. The normalized spacial score (nSPS) is 24.9. The molecule has 1 aliphatic carbocycles. The molecule has 164 valence electrons. The maximum atomic E-state index is 13.4. The molecule has 6 heteroatoms. The lowest BCUT2D eigenvalue weighted by Gasteiger charge is -2.32. The molecule has 1 aliphatic heterocycles. The first-order valence-electron chi connectivity index (χ1n) is 11.2. The van der Waals surface area contributed by atoms with Gasteiger partial charge in [-0.3, -0.25) is 19.7 Å². The van der Waals surface area contributed by atoms with Gasteiger partial charge in [-0.1, -0.05) is 36.8 Å². The Morgan fingerprint density at radius 2 is 1.93 bits per heavy atom. The Morgan fingerprint density at radius 3 is 2.60 bits per heavy atom. The molecule has 1 saturated carbocycles. The Hall–Kier alpha value is -2.21. The third-order valence-electron chi connectivity index (χ3n) is 6.52. The molecule has 3 rings (SSSR count). The summed E-state index contributed by atoms with van der Waals surface area (Å²) in [7, 11) is 0. The molecule has 2 aliphatic rings. The highest BCUT2D eigenvalue weighted by Crippen LogP contribution is 2.41. The number of aryl methyl sites for hydroxylation is 1. The van der Waals surface area contributed by atoms with E-state index in [1.54, 1.807) is 20.8 Å². The van der Waals surface area contributed by atoms with Gasteiger partial charge in [0.05, 0.1) is 18.7 Å². The van der Waals surface area contributed by atoms with E-state index >= 15 is 0 Å². The number of carbonyl (C=O) groups is 3. The number of Topliss-reactive ketones (excluding diaryl/α,β-unsaturated/α-hetero) is 1. The number of rotatable bonds is 9. The van der Waals surface area contributed by atoms with Gasteiger partial charge in [-0.15, -0.1) is 0 Å². The average Bonchev–Trinajstić information content (AvgIpc) is 3.32. The fourth-order valence-corrected chi connectivity index (χ4v) is 5.03. The minimum atomic E-state index is -0.568. The summed E-state index contributed by atoms with van der Waals surface area (Å²) in [6, 6.07) is 8.66. The monoisotopic (exact) mass is 414 g/mol. The number of ether oxygens (including phenoxy) is 1. The summed E-state index contributed by atoms with van der Waals surface area (Å²) in [6.45, 7) is 5.44. The minimum Gasteiger partial charge on any atom is -0.465 e. The lowest BCUT2D eigenvalue weighted by molar-refractivity contribution is -0.147. The van der Waals surface area contributed by atoms with Gasteiger partial charge >= 0.3 is 5.97 Å². The number of hydrogen-bond acceptors (Lipinski definition) is 5. The van der Waals surface area contributed by atoms with E-state index in [-0.39, 0.29) is 29.7 Å². The Morgan fingerprint density at radius 1 is 1.20 bits per heavy atom. The van der Waals surface area contributed by atoms with Gasteiger partial charge in [-0.2, -0.15) is 0 Å². The fraction of sp³-hybridized carbons (Fsp3) is 0.625. The van der Waals surface area contributed by atoms with Crippen molar-refractivity contribution in [1.82, 2.24) is 10.2 Å². The van der Waals surface area contributed by atoms with Crippen LogP contribution in [0.3, 0.4) is 0 Å². The summed E-state index contributed by atoms with van der Waals surface area (Å²) in [6.07, 6.45) is 5.18. The number of nitrogens with zero attached hydrogens (tertiary/aromatic N) is 1. The second-order valence-electron chi connectivity index (χ2n) is 8.58. The molecular weight excluding hydrogens is 380 g/mol. The maximum absolute atomic E-state index is 13.4. The van der Waals surface area contributed by atoms with Gasteiger partial charge in [-0.25, -0.2) is 0 Å². The van der Waals surface area contributed by atoms with Crippen LogP contribution in [0.4, 0.5) is 0 Å². The van der Waals surface area contributed by atoms with Crippen LogP contribution in [0, 0.1) is 5.92 Å². The second kappa shape index (κ2) is 10.2. The van der Waals surface area contributed by atoms with E-state index in [4.69, 9.17) is 4.74 Å². The molecule has 1 heterocycles. The van der Waals surface area contributed by atoms with Gasteiger partial charge in [0, 0.05) is 6.04 Å². The smallest absolute Gasteiger partial charge is 0.323 e. The van der Waals surface area contributed by atoms with Crippen LogP contribution in [-0.2, 0) is 25.5 Å². The van der Waals surface area contributed by atoms with Crippen molar-refractivity contribution >= 4 is 17.7 Å². The summed E-state index contributed by atoms with van der Waals surface area (Å²) in [5, 5.41) is 3.21. The van der Waals surface area contributed by atoms with E-state index in [9.17, 15) is 14.4 Å². The molecule has 5 atom stereocenters. The Balaban J connectivity index is 1.68. The second-order valence-corrected chi connectivity index (χ2v) is 8.58. The van der Waals surface area contributed by atoms with Crippen LogP contribution in [0.2, 0.25) is 0 Å². The summed E-state index contributed by atoms with van der Waals surface area (Å²) in [5.41, 5.74) is 1.14. The summed E-state index contributed by atoms with van der Waals surface area (Å²) in [5.74, 6) is 0.0555. The molecule has 30 heavy (non-hydrogen) atoms. The van der Waals surface area contributed by atoms with Crippen molar-refractivity contribution in [2.45, 2.75) is 83.5 Å². The third-order valence-corrected chi connectivity index (χ3v) is 6.52. The third kappa shape index (κ3) is 5.09. The maximum Gasteiger partial charge on any atom is 0.323 e. The predicted molar refractivity (Wildman–Crippen MR) is 115 cm³/mol. The van der Waals surface area contributed by atoms with Crippen LogP contribution >= 0.6 is 0 Å². The van der Waals surface area contributed by atoms with E-state index in [0.29, 0.717) is 25.4 Å². The topological polar surface area (TPSA) is 75.7 Å². The lowest BCUT2D eigenvalue weighted by atomic mass is 10.0. The molecule has 1 saturated heterocycles. The molecule has 0 bridgehead atoms. The number of fused-ring (bicyclic) bond motifs is 1. The van der Waals surface area contributed by atoms with Crippen LogP contribution in [0.5, 0.6) is 0 Å². The largest absolute Gasteiger partial charge is 0.465 e. The molecule has 1 N–H and O–H groups in total. The van der Waals surface area contributed by atoms with Crippen LogP contribution < -0.4 is 5.32 Å². The number of nitrogens with one attached hydrogen (secondary N) is 1. The van der Waals surface area contributed by atoms with Crippen molar-refractivity contribution in [2.24, 2.45) is 5.92 Å². The molecule has 1 aromatic rings. The first-order valence-corrected chi connectivity index (χ1v) is 11.2. The number of benzene rings is 1. The summed E-state index contributed by atoms with van der Waals surface area (Å²) < 4.78 is 5.25. The number of carbonyl (C=O) groups excluding carboxylic acids is 3. The number of ketones is 1. The number of esters is 1. The quantitative estimate of drug-likeness (QED) is 0.629. The standard InChI is InChI=1S/C24H34N2O4/c1-4-30-24(29)20(14-13-18-9-6-5-7-10-18)25-16(2)23(28)26-21-12-8-11-19(21)15-22(26)17(3)27/h5-7,9-10,16,19-22,25H,4,8,11-15H2,1-3H3/t16-,19-,20-,21-,22-/m0/s1. The molecule has 0 spiro atoms. The van der Waals surface area contributed by atoms with Crippen LogP contribution in [0.25, 0.3) is 0 Å². The zero-order valence-electron chi connectivity index (χ0n) is 18.3. The van der Waals surface area contributed by atoms with E-state index in [1.807, 2.05) is 35.2 Å². The first-order chi connectivity index (χ1) is 14.4. The van der Waals surface area contributed by atoms with E-state index in [0.717, 1.165) is 31.2 Å². The highest BCUT2D eigenvalue weighted by Gasteiger charge is 2.48. The fourth-order valence-electron chi connectivity index (χ4n) is 5.03. The van der Waals surface area contributed by atoms with Crippen molar-refractivity contribution in [3.05, 3.63) is 35.9 Å². The molecule has 0 unspecified atom stereocenters. The van der Waals surface area contributed by atoms with Gasteiger partial charge in [0.2, 0.25) is 5.91 Å². The van der Waals surface area contributed by atoms with Gasteiger partial charge in [0.1, 0.15) is 6.04 Å². The summed E-state index contributed by atoms with van der Waals surface area (Å²) >= 11 is 0. The van der Waals surface area contributed by atoms with Crippen molar-refractivity contribution in [3.63, 3.8) is 0 Å².